The van der Waals surface area contributed by atoms with Gasteiger partial charge in [-0.25, -0.2) is 18.1 Å². The molecule has 0 saturated carbocycles. The van der Waals surface area contributed by atoms with Crippen molar-refractivity contribution in [3.63, 3.8) is 0 Å². The summed E-state index contributed by atoms with van der Waals surface area (Å²) < 4.78 is 33.6. The molecule has 31 heavy (non-hydrogen) atoms. The van der Waals surface area contributed by atoms with Gasteiger partial charge in [-0.1, -0.05) is 54.6 Å². The molecule has 1 N–H and O–H groups in total. The van der Waals surface area contributed by atoms with E-state index in [1.807, 2.05) is 73.0 Å². The second-order valence-corrected chi connectivity index (χ2v) is 9.68. The predicted octanol–water partition coefficient (Wildman–Crippen LogP) is 5.27. The van der Waals surface area contributed by atoms with E-state index in [9.17, 15) is 8.42 Å². The second kappa shape index (κ2) is 9.01. The number of aromatic nitrogens is 1. The number of sulfonamides is 1. The van der Waals surface area contributed by atoms with Gasteiger partial charge in [0.05, 0.1) is 12.8 Å². The Morgan fingerprint density at radius 3 is 2.52 bits per heavy atom. The predicted molar refractivity (Wildman–Crippen MR) is 125 cm³/mol. The second-order valence-electron chi connectivity index (χ2n) is 7.08. The third kappa shape index (κ3) is 4.85. The number of methoxy groups -OCH3 is 1. The molecule has 0 aliphatic heterocycles. The van der Waals surface area contributed by atoms with Crippen molar-refractivity contribution in [2.24, 2.45) is 0 Å². The Morgan fingerprint density at radius 2 is 1.74 bits per heavy atom. The van der Waals surface area contributed by atoms with Crippen molar-refractivity contribution in [1.29, 1.82) is 0 Å². The summed E-state index contributed by atoms with van der Waals surface area (Å²) in [4.78, 5) is 4.88. The number of ether oxygens (including phenoxy) is 1. The number of hydrogen-bond donors (Lipinski definition) is 1. The molecule has 0 aliphatic rings. The first kappa shape index (κ1) is 21.2. The van der Waals surface area contributed by atoms with Gasteiger partial charge in [-0.2, -0.15) is 0 Å². The summed E-state index contributed by atoms with van der Waals surface area (Å²) in [5.74, 6) is 0.322. The van der Waals surface area contributed by atoms with E-state index in [2.05, 4.69) is 4.72 Å². The van der Waals surface area contributed by atoms with Crippen LogP contribution in [0.2, 0.25) is 0 Å². The summed E-state index contributed by atoms with van der Waals surface area (Å²) in [6.07, 6.45) is 0. The molecule has 0 bridgehead atoms. The Kier molecular flexibility index (Phi) is 6.18. The van der Waals surface area contributed by atoms with E-state index in [4.69, 9.17) is 9.72 Å². The van der Waals surface area contributed by atoms with Crippen LogP contribution in [0.1, 0.15) is 11.1 Å². The van der Waals surface area contributed by atoms with Crippen molar-refractivity contribution in [1.82, 2.24) is 9.71 Å². The number of nitrogens with one attached hydrogen (secondary N) is 1. The van der Waals surface area contributed by atoms with Crippen LogP contribution in [-0.2, 0) is 16.6 Å². The van der Waals surface area contributed by atoms with Crippen LogP contribution >= 0.6 is 11.3 Å². The number of hydrogen-bond acceptors (Lipinski definition) is 5. The maximum atomic E-state index is 12.9. The van der Waals surface area contributed by atoms with Crippen LogP contribution in [0, 0.1) is 6.92 Å². The molecule has 4 aromatic rings. The Bertz CT molecular complexity index is 1300. The highest BCUT2D eigenvalue weighted by Gasteiger charge is 2.19. The Morgan fingerprint density at radius 1 is 0.968 bits per heavy atom. The fourth-order valence-electron chi connectivity index (χ4n) is 3.21. The summed E-state index contributed by atoms with van der Waals surface area (Å²) in [6, 6.07) is 22.9. The van der Waals surface area contributed by atoms with Gasteiger partial charge in [0, 0.05) is 23.1 Å². The van der Waals surface area contributed by atoms with Gasteiger partial charge < -0.3 is 4.74 Å². The Hall–Kier alpha value is -3.00. The van der Waals surface area contributed by atoms with E-state index in [0.29, 0.717) is 5.75 Å². The smallest absolute Gasteiger partial charge is 0.244 e. The topological polar surface area (TPSA) is 68.3 Å². The lowest BCUT2D eigenvalue weighted by molar-refractivity contribution is 0.402. The van der Waals surface area contributed by atoms with Crippen LogP contribution in [0.25, 0.3) is 21.8 Å². The molecule has 5 nitrogen and oxygen atoms in total. The number of rotatable bonds is 7. The summed E-state index contributed by atoms with van der Waals surface area (Å²) >= 11 is 1.57. The standard InChI is InChI=1S/C24H22N2O3S2/c1-17-11-12-22(29-2)23(13-17)31(27,28)25-15-18-7-6-10-20(14-18)24-26-21(16-30-24)19-8-4-3-5-9-19/h3-14,16,25H,15H2,1-2H3. The zero-order valence-electron chi connectivity index (χ0n) is 17.2. The molecule has 0 aliphatic carbocycles. The lowest BCUT2D eigenvalue weighted by Gasteiger charge is -2.12. The first-order valence-electron chi connectivity index (χ1n) is 9.71. The number of aryl methyl sites for hydroxylation is 1. The van der Waals surface area contributed by atoms with Crippen molar-refractivity contribution in [2.45, 2.75) is 18.4 Å². The van der Waals surface area contributed by atoms with Gasteiger partial charge >= 0.3 is 0 Å². The fraction of sp³-hybridized carbons (Fsp3) is 0.125. The highest BCUT2D eigenvalue weighted by atomic mass is 32.2. The highest BCUT2D eigenvalue weighted by Crippen LogP contribution is 2.29. The van der Waals surface area contributed by atoms with Gasteiger partial charge in [-0.05, 0) is 36.2 Å². The zero-order valence-corrected chi connectivity index (χ0v) is 18.8. The van der Waals surface area contributed by atoms with Gasteiger partial charge in [0.15, 0.2) is 0 Å². The molecule has 3 aromatic carbocycles. The van der Waals surface area contributed by atoms with Gasteiger partial charge in [-0.15, -0.1) is 11.3 Å². The molecule has 0 saturated heterocycles. The molecule has 7 heteroatoms. The Balaban J connectivity index is 1.53. The van der Waals surface area contributed by atoms with Crippen molar-refractivity contribution in [3.8, 4) is 27.6 Å². The Labute approximate surface area is 186 Å². The summed E-state index contributed by atoms with van der Waals surface area (Å²) in [5.41, 5.74) is 4.65. The van der Waals surface area contributed by atoms with Crippen LogP contribution < -0.4 is 9.46 Å². The van der Waals surface area contributed by atoms with Crippen molar-refractivity contribution in [2.75, 3.05) is 7.11 Å². The molecule has 0 amide bonds. The van der Waals surface area contributed by atoms with E-state index in [-0.39, 0.29) is 11.4 Å². The third-order valence-corrected chi connectivity index (χ3v) is 7.14. The lowest BCUT2D eigenvalue weighted by atomic mass is 10.1. The fourth-order valence-corrected chi connectivity index (χ4v) is 5.31. The quantitative estimate of drug-likeness (QED) is 0.416. The first-order chi connectivity index (χ1) is 15.0. The lowest BCUT2D eigenvalue weighted by Crippen LogP contribution is -2.23. The maximum Gasteiger partial charge on any atom is 0.244 e. The summed E-state index contributed by atoms with van der Waals surface area (Å²) in [5, 5.41) is 2.92. The molecule has 4 rings (SSSR count). The number of benzene rings is 3. The maximum absolute atomic E-state index is 12.9. The van der Waals surface area contributed by atoms with Crippen LogP contribution in [0.5, 0.6) is 5.75 Å². The molecule has 1 heterocycles. The molecule has 1 aromatic heterocycles. The third-order valence-electron chi connectivity index (χ3n) is 4.82. The molecule has 0 atom stereocenters. The van der Waals surface area contributed by atoms with Crippen LogP contribution in [0.4, 0.5) is 0 Å². The van der Waals surface area contributed by atoms with E-state index in [1.54, 1.807) is 23.5 Å². The van der Waals surface area contributed by atoms with Crippen molar-refractivity contribution in [3.05, 3.63) is 89.3 Å². The molecular formula is C24H22N2O3S2. The van der Waals surface area contributed by atoms with E-state index >= 15 is 0 Å². The molecule has 0 fully saturated rings. The van der Waals surface area contributed by atoms with Gasteiger partial charge in [-0.3, -0.25) is 0 Å². The molecular weight excluding hydrogens is 428 g/mol. The molecule has 0 radical (unpaired) electrons. The van der Waals surface area contributed by atoms with E-state index in [0.717, 1.165) is 33.0 Å². The molecule has 158 valence electrons. The van der Waals surface area contributed by atoms with Gasteiger partial charge in [0.25, 0.3) is 0 Å². The average Bonchev–Trinajstić information content (AvgIpc) is 3.29. The van der Waals surface area contributed by atoms with Crippen LogP contribution in [0.3, 0.4) is 0 Å². The minimum absolute atomic E-state index is 0.138. The summed E-state index contributed by atoms with van der Waals surface area (Å²) in [6.45, 7) is 2.02. The molecule has 0 spiro atoms. The summed E-state index contributed by atoms with van der Waals surface area (Å²) in [7, 11) is -2.26. The van der Waals surface area contributed by atoms with Gasteiger partial charge in [0.1, 0.15) is 15.7 Å². The van der Waals surface area contributed by atoms with Crippen LogP contribution in [0.15, 0.2) is 83.1 Å². The minimum Gasteiger partial charge on any atom is -0.495 e. The highest BCUT2D eigenvalue weighted by molar-refractivity contribution is 7.89. The van der Waals surface area contributed by atoms with Crippen molar-refractivity contribution >= 4 is 21.4 Å². The van der Waals surface area contributed by atoms with Gasteiger partial charge in [0.2, 0.25) is 10.0 Å². The molecule has 0 unspecified atom stereocenters. The minimum atomic E-state index is -3.72. The monoisotopic (exact) mass is 450 g/mol. The average molecular weight is 451 g/mol. The van der Waals surface area contributed by atoms with Crippen LogP contribution in [-0.4, -0.2) is 20.5 Å². The first-order valence-corrected chi connectivity index (χ1v) is 12.1. The number of nitrogens with zero attached hydrogens (tertiary/aromatic N) is 1. The SMILES string of the molecule is COc1ccc(C)cc1S(=O)(=O)NCc1cccc(-c2nc(-c3ccccc3)cs2)c1. The van der Waals surface area contributed by atoms with E-state index in [1.165, 1.54) is 7.11 Å². The normalized spacial score (nSPS) is 11.4. The largest absolute Gasteiger partial charge is 0.495 e. The van der Waals surface area contributed by atoms with Crippen molar-refractivity contribution < 1.29 is 13.2 Å². The number of thiazole rings is 1. The zero-order chi connectivity index (χ0) is 21.8. The van der Waals surface area contributed by atoms with E-state index < -0.39 is 10.0 Å².